The fourth-order valence-electron chi connectivity index (χ4n) is 2.47. The van der Waals surface area contributed by atoms with Gasteiger partial charge in [0.25, 0.3) is 0 Å². The summed E-state index contributed by atoms with van der Waals surface area (Å²) in [6, 6.07) is 0. The number of carbonyl (C=O) groups is 1. The van der Waals surface area contributed by atoms with Crippen molar-refractivity contribution in [3.8, 4) is 0 Å². The zero-order valence-corrected chi connectivity index (χ0v) is 12.8. The SMILES string of the molecule is CCCCCCCCCCC1OC1CC(=O)OCCO. The van der Waals surface area contributed by atoms with Crippen molar-refractivity contribution in [2.24, 2.45) is 0 Å². The summed E-state index contributed by atoms with van der Waals surface area (Å²) in [5.74, 6) is -0.262. The average molecular weight is 286 g/mol. The molecule has 0 aromatic heterocycles. The molecule has 0 amide bonds. The van der Waals surface area contributed by atoms with Crippen LogP contribution in [-0.2, 0) is 14.3 Å². The number of hydrogen-bond acceptors (Lipinski definition) is 4. The Labute approximate surface area is 122 Å². The van der Waals surface area contributed by atoms with Crippen molar-refractivity contribution in [1.82, 2.24) is 0 Å². The summed E-state index contributed by atoms with van der Waals surface area (Å²) in [6.45, 7) is 2.22. The predicted octanol–water partition coefficient (Wildman–Crippen LogP) is 3.21. The molecule has 0 aliphatic carbocycles. The topological polar surface area (TPSA) is 59.1 Å². The number of hydrogen-bond donors (Lipinski definition) is 1. The number of carbonyl (C=O) groups excluding carboxylic acids is 1. The third-order valence-corrected chi connectivity index (χ3v) is 3.75. The van der Waals surface area contributed by atoms with Gasteiger partial charge in [0, 0.05) is 0 Å². The van der Waals surface area contributed by atoms with Gasteiger partial charge in [0.2, 0.25) is 0 Å². The van der Waals surface area contributed by atoms with Gasteiger partial charge in [-0.1, -0.05) is 58.3 Å². The van der Waals surface area contributed by atoms with Crippen LogP contribution in [0.2, 0.25) is 0 Å². The molecule has 1 aliphatic rings. The Bertz CT molecular complexity index is 255. The highest BCUT2D eigenvalue weighted by Gasteiger charge is 2.39. The van der Waals surface area contributed by atoms with Crippen LogP contribution in [0.3, 0.4) is 0 Å². The summed E-state index contributed by atoms with van der Waals surface area (Å²) in [6.07, 6.45) is 12.3. The van der Waals surface area contributed by atoms with Gasteiger partial charge in [0.05, 0.1) is 25.2 Å². The van der Waals surface area contributed by atoms with Gasteiger partial charge in [-0.25, -0.2) is 0 Å². The molecule has 118 valence electrons. The van der Waals surface area contributed by atoms with Crippen molar-refractivity contribution in [1.29, 1.82) is 0 Å². The van der Waals surface area contributed by atoms with Crippen LogP contribution in [0.1, 0.15) is 71.1 Å². The lowest BCUT2D eigenvalue weighted by molar-refractivity contribution is -0.144. The Balaban J connectivity index is 1.84. The number of esters is 1. The molecule has 0 radical (unpaired) electrons. The van der Waals surface area contributed by atoms with Crippen LogP contribution in [0.15, 0.2) is 0 Å². The normalized spacial score (nSPS) is 20.9. The van der Waals surface area contributed by atoms with Crippen LogP contribution in [0.4, 0.5) is 0 Å². The maximum absolute atomic E-state index is 11.3. The highest BCUT2D eigenvalue weighted by molar-refractivity contribution is 5.70. The van der Waals surface area contributed by atoms with Crippen LogP contribution >= 0.6 is 0 Å². The zero-order valence-electron chi connectivity index (χ0n) is 12.8. The van der Waals surface area contributed by atoms with Crippen LogP contribution in [0.5, 0.6) is 0 Å². The molecule has 4 heteroatoms. The molecular weight excluding hydrogens is 256 g/mol. The van der Waals surface area contributed by atoms with Gasteiger partial charge in [-0.05, 0) is 6.42 Å². The molecule has 1 fully saturated rings. The number of ether oxygens (including phenoxy) is 2. The molecule has 0 aromatic rings. The Morgan fingerprint density at radius 1 is 1.05 bits per heavy atom. The quantitative estimate of drug-likeness (QED) is 0.321. The molecule has 20 heavy (non-hydrogen) atoms. The number of unbranched alkanes of at least 4 members (excludes halogenated alkanes) is 7. The Kier molecular flexibility index (Phi) is 9.67. The van der Waals surface area contributed by atoms with Gasteiger partial charge in [0.1, 0.15) is 6.61 Å². The molecular formula is C16H30O4. The maximum Gasteiger partial charge on any atom is 0.308 e. The first-order valence-corrected chi connectivity index (χ1v) is 8.20. The molecule has 0 saturated carbocycles. The fraction of sp³-hybridized carbons (Fsp3) is 0.938. The van der Waals surface area contributed by atoms with Crippen LogP contribution in [0, 0.1) is 0 Å². The van der Waals surface area contributed by atoms with E-state index in [2.05, 4.69) is 6.92 Å². The van der Waals surface area contributed by atoms with E-state index in [1.54, 1.807) is 0 Å². The zero-order chi connectivity index (χ0) is 14.6. The monoisotopic (exact) mass is 286 g/mol. The van der Waals surface area contributed by atoms with E-state index >= 15 is 0 Å². The first kappa shape index (κ1) is 17.4. The minimum atomic E-state index is -0.262. The highest BCUT2D eigenvalue weighted by Crippen LogP contribution is 2.30. The van der Waals surface area contributed by atoms with Gasteiger partial charge in [-0.2, -0.15) is 0 Å². The van der Waals surface area contributed by atoms with E-state index < -0.39 is 0 Å². The fourth-order valence-corrected chi connectivity index (χ4v) is 2.47. The smallest absolute Gasteiger partial charge is 0.308 e. The van der Waals surface area contributed by atoms with Crippen molar-refractivity contribution in [2.75, 3.05) is 13.2 Å². The highest BCUT2D eigenvalue weighted by atomic mass is 16.6. The number of rotatable bonds is 13. The first-order valence-electron chi connectivity index (χ1n) is 8.20. The summed E-state index contributed by atoms with van der Waals surface area (Å²) in [7, 11) is 0. The number of aliphatic hydroxyl groups is 1. The van der Waals surface area contributed by atoms with Crippen molar-refractivity contribution in [2.45, 2.75) is 83.3 Å². The third kappa shape index (κ3) is 8.54. The first-order chi connectivity index (χ1) is 9.77. The van der Waals surface area contributed by atoms with Gasteiger partial charge < -0.3 is 14.6 Å². The second-order valence-electron chi connectivity index (χ2n) is 5.62. The number of aliphatic hydroxyl groups excluding tert-OH is 1. The van der Waals surface area contributed by atoms with E-state index in [0.29, 0.717) is 6.42 Å². The molecule has 2 atom stereocenters. The van der Waals surface area contributed by atoms with Crippen molar-refractivity contribution >= 4 is 5.97 Å². The summed E-state index contributed by atoms with van der Waals surface area (Å²) < 4.78 is 10.3. The van der Waals surface area contributed by atoms with Crippen molar-refractivity contribution < 1.29 is 19.4 Å². The molecule has 1 heterocycles. The standard InChI is InChI=1S/C16H30O4/c1-2-3-4-5-6-7-8-9-10-14-15(20-14)13-16(18)19-12-11-17/h14-15,17H,2-13H2,1H3. The Morgan fingerprint density at radius 3 is 2.35 bits per heavy atom. The summed E-state index contributed by atoms with van der Waals surface area (Å²) >= 11 is 0. The van der Waals surface area contributed by atoms with Crippen LogP contribution < -0.4 is 0 Å². The minimum absolute atomic E-state index is 0.0609. The van der Waals surface area contributed by atoms with Crippen LogP contribution in [0.25, 0.3) is 0 Å². The lowest BCUT2D eigenvalue weighted by Crippen LogP contribution is -2.11. The second-order valence-corrected chi connectivity index (χ2v) is 5.62. The average Bonchev–Trinajstić information content (AvgIpc) is 3.17. The van der Waals surface area contributed by atoms with E-state index in [1.807, 2.05) is 0 Å². The van der Waals surface area contributed by atoms with Crippen LogP contribution in [-0.4, -0.2) is 36.5 Å². The lowest BCUT2D eigenvalue weighted by atomic mass is 10.1. The lowest BCUT2D eigenvalue weighted by Gasteiger charge is -2.01. The number of epoxide rings is 1. The molecule has 2 unspecified atom stereocenters. The Morgan fingerprint density at radius 2 is 1.70 bits per heavy atom. The Hall–Kier alpha value is -0.610. The van der Waals surface area contributed by atoms with Gasteiger partial charge in [-0.3, -0.25) is 4.79 Å². The van der Waals surface area contributed by atoms with E-state index in [-0.39, 0.29) is 31.4 Å². The molecule has 1 saturated heterocycles. The van der Waals surface area contributed by atoms with E-state index in [1.165, 1.54) is 51.4 Å². The predicted molar refractivity (Wildman–Crippen MR) is 78.5 cm³/mol. The van der Waals surface area contributed by atoms with Crippen molar-refractivity contribution in [3.05, 3.63) is 0 Å². The van der Waals surface area contributed by atoms with Gasteiger partial charge in [0.15, 0.2) is 0 Å². The van der Waals surface area contributed by atoms with Crippen molar-refractivity contribution in [3.63, 3.8) is 0 Å². The maximum atomic E-state index is 11.3. The van der Waals surface area contributed by atoms with Gasteiger partial charge >= 0.3 is 5.97 Å². The summed E-state index contributed by atoms with van der Waals surface area (Å²) in [4.78, 5) is 11.3. The molecule has 0 aromatic carbocycles. The molecule has 1 N–H and O–H groups in total. The summed E-state index contributed by atoms with van der Waals surface area (Å²) in [5.41, 5.74) is 0. The van der Waals surface area contributed by atoms with Gasteiger partial charge in [-0.15, -0.1) is 0 Å². The minimum Gasteiger partial charge on any atom is -0.463 e. The van der Waals surface area contributed by atoms with E-state index in [0.717, 1.165) is 6.42 Å². The molecule has 0 bridgehead atoms. The summed E-state index contributed by atoms with van der Waals surface area (Å²) in [5, 5.41) is 8.54. The molecule has 4 nitrogen and oxygen atoms in total. The van der Waals surface area contributed by atoms with E-state index in [9.17, 15) is 4.79 Å². The molecule has 1 rings (SSSR count). The largest absolute Gasteiger partial charge is 0.463 e. The van der Waals surface area contributed by atoms with E-state index in [4.69, 9.17) is 14.6 Å². The third-order valence-electron chi connectivity index (χ3n) is 3.75. The second kappa shape index (κ2) is 11.1. The molecule has 1 aliphatic heterocycles. The molecule has 0 spiro atoms.